The van der Waals surface area contributed by atoms with Crippen LogP contribution in [0, 0.1) is 0 Å². The van der Waals surface area contributed by atoms with E-state index in [0.717, 1.165) is 18.7 Å². The maximum atomic E-state index is 11.4. The molecule has 13 heavy (non-hydrogen) atoms. The van der Waals surface area contributed by atoms with Gasteiger partial charge in [0.15, 0.2) is 0 Å². The second-order valence-electron chi connectivity index (χ2n) is 3.37. The molecule has 1 amide bonds. The van der Waals surface area contributed by atoms with Gasteiger partial charge < -0.3 is 11.1 Å². The Morgan fingerprint density at radius 1 is 1.62 bits per heavy atom. The second-order valence-corrected chi connectivity index (χ2v) is 4.36. The molecule has 0 aliphatic carbocycles. The Morgan fingerprint density at radius 2 is 2.23 bits per heavy atom. The Labute approximate surface area is 84.8 Å². The molecule has 0 saturated heterocycles. The van der Waals surface area contributed by atoms with Crippen molar-refractivity contribution in [1.82, 2.24) is 5.32 Å². The van der Waals surface area contributed by atoms with Gasteiger partial charge in [-0.25, -0.2) is 0 Å². The van der Waals surface area contributed by atoms with Gasteiger partial charge in [-0.1, -0.05) is 6.92 Å². The first-order valence-electron chi connectivity index (χ1n) is 4.60. The number of nitrogens with two attached hydrogens (primary N) is 1. The smallest absolute Gasteiger partial charge is 0.239 e. The van der Waals surface area contributed by atoms with Crippen LogP contribution in [0.25, 0.3) is 0 Å². The van der Waals surface area contributed by atoms with Crippen LogP contribution in [0.4, 0.5) is 0 Å². The minimum Gasteiger partial charge on any atom is -0.354 e. The van der Waals surface area contributed by atoms with Crippen LogP contribution in [0.1, 0.15) is 26.7 Å². The minimum atomic E-state index is -0.709. The maximum absolute atomic E-state index is 11.4. The molecule has 0 aliphatic heterocycles. The summed E-state index contributed by atoms with van der Waals surface area (Å²) in [4.78, 5) is 11.4. The molecular formula is C9H20N2OS. The van der Waals surface area contributed by atoms with Gasteiger partial charge in [-0.3, -0.25) is 4.79 Å². The Balaban J connectivity index is 3.62. The average Bonchev–Trinajstić information content (AvgIpc) is 2.12. The molecule has 1 unspecified atom stereocenters. The van der Waals surface area contributed by atoms with Crippen molar-refractivity contribution in [3.05, 3.63) is 0 Å². The molecule has 4 heteroatoms. The molecule has 0 aliphatic rings. The third-order valence-electron chi connectivity index (χ3n) is 2.06. The van der Waals surface area contributed by atoms with Gasteiger partial charge >= 0.3 is 0 Å². The zero-order valence-corrected chi connectivity index (χ0v) is 9.54. The van der Waals surface area contributed by atoms with Crippen molar-refractivity contribution in [2.75, 3.05) is 18.6 Å². The summed E-state index contributed by atoms with van der Waals surface area (Å²) in [6.07, 6.45) is 3.73. The lowest BCUT2D eigenvalue weighted by Crippen LogP contribution is -2.51. The molecule has 3 nitrogen and oxygen atoms in total. The summed E-state index contributed by atoms with van der Waals surface area (Å²) in [6, 6.07) is 0. The Hall–Kier alpha value is -0.220. The highest BCUT2D eigenvalue weighted by molar-refractivity contribution is 7.98. The lowest BCUT2D eigenvalue weighted by Gasteiger charge is -2.21. The molecule has 0 aromatic heterocycles. The van der Waals surface area contributed by atoms with Gasteiger partial charge in [-0.15, -0.1) is 0 Å². The molecule has 0 aromatic carbocycles. The molecule has 0 radical (unpaired) electrons. The quantitative estimate of drug-likeness (QED) is 0.634. The summed E-state index contributed by atoms with van der Waals surface area (Å²) in [7, 11) is 0. The van der Waals surface area contributed by atoms with Crippen molar-refractivity contribution in [2.24, 2.45) is 5.73 Å². The minimum absolute atomic E-state index is 0.0453. The normalized spacial score (nSPS) is 15.1. The van der Waals surface area contributed by atoms with Crippen LogP contribution >= 0.6 is 11.8 Å². The number of carbonyl (C=O) groups is 1. The highest BCUT2D eigenvalue weighted by atomic mass is 32.2. The van der Waals surface area contributed by atoms with Crippen LogP contribution in [-0.2, 0) is 4.79 Å². The van der Waals surface area contributed by atoms with Crippen LogP contribution < -0.4 is 11.1 Å². The Kier molecular flexibility index (Phi) is 6.16. The van der Waals surface area contributed by atoms with Crippen molar-refractivity contribution in [3.8, 4) is 0 Å². The lowest BCUT2D eigenvalue weighted by molar-refractivity contribution is -0.125. The Bertz CT molecular complexity index is 160. The van der Waals surface area contributed by atoms with Crippen molar-refractivity contribution in [2.45, 2.75) is 32.2 Å². The molecule has 0 rings (SSSR count). The molecule has 78 valence electrons. The molecule has 1 atom stereocenters. The van der Waals surface area contributed by atoms with E-state index in [0.29, 0.717) is 6.42 Å². The fourth-order valence-electron chi connectivity index (χ4n) is 0.781. The van der Waals surface area contributed by atoms with Crippen molar-refractivity contribution >= 4 is 17.7 Å². The van der Waals surface area contributed by atoms with Crippen LogP contribution in [0.2, 0.25) is 0 Å². The van der Waals surface area contributed by atoms with E-state index >= 15 is 0 Å². The number of hydrogen-bond acceptors (Lipinski definition) is 3. The zero-order valence-electron chi connectivity index (χ0n) is 8.72. The number of carbonyl (C=O) groups excluding carboxylic acids is 1. The molecule has 0 bridgehead atoms. The molecule has 0 spiro atoms. The number of hydrogen-bond donors (Lipinski definition) is 2. The predicted octanol–water partition coefficient (Wildman–Crippen LogP) is 0.983. The first-order valence-corrected chi connectivity index (χ1v) is 6.00. The molecule has 0 aromatic rings. The van der Waals surface area contributed by atoms with Crippen molar-refractivity contribution < 1.29 is 4.79 Å². The number of rotatable bonds is 6. The van der Waals surface area contributed by atoms with Crippen LogP contribution in [0.15, 0.2) is 0 Å². The summed E-state index contributed by atoms with van der Waals surface area (Å²) in [5.74, 6) is 1.03. The first-order chi connectivity index (χ1) is 6.04. The third kappa shape index (κ3) is 5.16. The monoisotopic (exact) mass is 204 g/mol. The number of thioether (sulfide) groups is 1. The van der Waals surface area contributed by atoms with Gasteiger partial charge in [0.1, 0.15) is 0 Å². The van der Waals surface area contributed by atoms with E-state index < -0.39 is 5.54 Å². The van der Waals surface area contributed by atoms with Gasteiger partial charge in [0, 0.05) is 6.54 Å². The number of nitrogens with one attached hydrogen (secondary N) is 1. The number of amides is 1. The van der Waals surface area contributed by atoms with E-state index in [2.05, 4.69) is 11.6 Å². The predicted molar refractivity (Wildman–Crippen MR) is 58.9 cm³/mol. The van der Waals surface area contributed by atoms with Gasteiger partial charge in [0.25, 0.3) is 0 Å². The van der Waals surface area contributed by atoms with Crippen LogP contribution in [0.5, 0.6) is 0 Å². The molecular weight excluding hydrogens is 184 g/mol. The van der Waals surface area contributed by atoms with E-state index in [-0.39, 0.29) is 5.91 Å². The lowest BCUT2D eigenvalue weighted by atomic mass is 10.00. The highest BCUT2D eigenvalue weighted by Crippen LogP contribution is 2.04. The van der Waals surface area contributed by atoms with E-state index in [4.69, 9.17) is 5.73 Å². The van der Waals surface area contributed by atoms with Crippen LogP contribution in [0.3, 0.4) is 0 Å². The first kappa shape index (κ1) is 12.8. The van der Waals surface area contributed by atoms with Gasteiger partial charge in [0.05, 0.1) is 5.54 Å². The highest BCUT2D eigenvalue weighted by Gasteiger charge is 2.24. The van der Waals surface area contributed by atoms with Gasteiger partial charge in [-0.05, 0) is 31.8 Å². The SMILES string of the molecule is CCC(C)(N)C(=O)NCCCSC. The standard InChI is InChI=1S/C9H20N2OS/c1-4-9(2,10)8(12)11-6-5-7-13-3/h4-7,10H2,1-3H3,(H,11,12). The van der Waals surface area contributed by atoms with Gasteiger partial charge in [0.2, 0.25) is 5.91 Å². The molecule has 3 N–H and O–H groups in total. The zero-order chi connectivity index (χ0) is 10.3. The second kappa shape index (κ2) is 6.27. The third-order valence-corrected chi connectivity index (χ3v) is 2.76. The molecule has 0 saturated carbocycles. The fraction of sp³-hybridized carbons (Fsp3) is 0.889. The van der Waals surface area contributed by atoms with E-state index in [1.165, 1.54) is 0 Å². The summed E-state index contributed by atoms with van der Waals surface area (Å²) < 4.78 is 0. The molecule has 0 heterocycles. The maximum Gasteiger partial charge on any atom is 0.239 e. The van der Waals surface area contributed by atoms with Crippen molar-refractivity contribution in [3.63, 3.8) is 0 Å². The summed E-state index contributed by atoms with van der Waals surface area (Å²) >= 11 is 1.78. The summed E-state index contributed by atoms with van der Waals surface area (Å²) in [6.45, 7) is 4.41. The van der Waals surface area contributed by atoms with E-state index in [1.54, 1.807) is 18.7 Å². The van der Waals surface area contributed by atoms with E-state index in [1.807, 2.05) is 6.92 Å². The van der Waals surface area contributed by atoms with Crippen LogP contribution in [-0.4, -0.2) is 30.0 Å². The average molecular weight is 204 g/mol. The summed E-state index contributed by atoms with van der Waals surface area (Å²) in [5.41, 5.74) is 5.05. The topological polar surface area (TPSA) is 55.1 Å². The van der Waals surface area contributed by atoms with E-state index in [9.17, 15) is 4.79 Å². The molecule has 0 fully saturated rings. The van der Waals surface area contributed by atoms with Gasteiger partial charge in [-0.2, -0.15) is 11.8 Å². The Morgan fingerprint density at radius 3 is 2.69 bits per heavy atom. The fourth-order valence-corrected chi connectivity index (χ4v) is 1.21. The summed E-state index contributed by atoms with van der Waals surface area (Å²) in [5, 5.41) is 2.83. The largest absolute Gasteiger partial charge is 0.354 e. The van der Waals surface area contributed by atoms with Crippen molar-refractivity contribution in [1.29, 1.82) is 0 Å².